The normalized spacial score (nSPS) is 11.0. The second kappa shape index (κ2) is 7.97. The van der Waals surface area contributed by atoms with E-state index in [2.05, 4.69) is 0 Å². The highest BCUT2D eigenvalue weighted by molar-refractivity contribution is 6.15. The van der Waals surface area contributed by atoms with Crippen LogP contribution in [0.4, 0.5) is 0 Å². The fourth-order valence-electron chi connectivity index (χ4n) is 2.34. The van der Waals surface area contributed by atoms with Crippen LogP contribution in [0.2, 0.25) is 0 Å². The van der Waals surface area contributed by atoms with Crippen LogP contribution in [0.5, 0.6) is 11.5 Å². The summed E-state index contributed by atoms with van der Waals surface area (Å²) in [5, 5.41) is 9.32. The number of allylic oxidation sites excluding steroid dienone is 1. The lowest BCUT2D eigenvalue weighted by Crippen LogP contribution is -2.06. The van der Waals surface area contributed by atoms with E-state index < -0.39 is 5.97 Å². The van der Waals surface area contributed by atoms with E-state index in [9.17, 15) is 14.7 Å². The van der Waals surface area contributed by atoms with Gasteiger partial charge in [0.05, 0.1) is 12.7 Å². The molecule has 0 spiro atoms. The number of carboxylic acid groups (broad SMARTS) is 1. The largest absolute Gasteiger partial charge is 0.493 e. The van der Waals surface area contributed by atoms with Gasteiger partial charge in [-0.3, -0.25) is 4.79 Å². The van der Waals surface area contributed by atoms with Crippen LogP contribution in [-0.2, 0) is 11.4 Å². The number of hydrogen-bond acceptors (Lipinski definition) is 4. The van der Waals surface area contributed by atoms with Crippen molar-refractivity contribution in [1.82, 2.24) is 0 Å². The van der Waals surface area contributed by atoms with Crippen LogP contribution in [-0.4, -0.2) is 24.5 Å². The molecule has 0 unspecified atom stereocenters. The van der Waals surface area contributed by atoms with E-state index in [1.807, 2.05) is 6.07 Å². The third kappa shape index (κ3) is 3.81. The van der Waals surface area contributed by atoms with E-state index in [1.165, 1.54) is 7.11 Å². The minimum absolute atomic E-state index is 0.152. The van der Waals surface area contributed by atoms with E-state index in [4.69, 9.17) is 9.47 Å². The fraction of sp³-hybridized carbons (Fsp3) is 0.158. The van der Waals surface area contributed by atoms with E-state index in [1.54, 1.807) is 49.4 Å². The molecule has 1 N–H and O–H groups in total. The van der Waals surface area contributed by atoms with Crippen molar-refractivity contribution in [3.05, 3.63) is 65.2 Å². The van der Waals surface area contributed by atoms with Crippen LogP contribution in [0, 0.1) is 0 Å². The Morgan fingerprint density at radius 2 is 1.92 bits per heavy atom. The highest BCUT2D eigenvalue weighted by atomic mass is 16.5. The van der Waals surface area contributed by atoms with E-state index in [0.29, 0.717) is 22.6 Å². The maximum atomic E-state index is 11.4. The molecule has 0 aromatic heterocycles. The van der Waals surface area contributed by atoms with Crippen LogP contribution in [0.25, 0.3) is 5.57 Å². The molecule has 2 rings (SSSR count). The lowest BCUT2D eigenvalue weighted by Gasteiger charge is -2.14. The topological polar surface area (TPSA) is 72.8 Å². The molecule has 0 aliphatic heterocycles. The van der Waals surface area contributed by atoms with Crippen molar-refractivity contribution in [3.8, 4) is 11.5 Å². The highest BCUT2D eigenvalue weighted by Gasteiger charge is 2.14. The van der Waals surface area contributed by atoms with Gasteiger partial charge in [0.2, 0.25) is 0 Å². The molecule has 2 aromatic carbocycles. The minimum Gasteiger partial charge on any atom is -0.493 e. The highest BCUT2D eigenvalue weighted by Crippen LogP contribution is 2.29. The molecule has 0 amide bonds. The van der Waals surface area contributed by atoms with Crippen molar-refractivity contribution >= 4 is 17.8 Å². The molecular weight excluding hydrogens is 308 g/mol. The number of carbonyl (C=O) groups excluding carboxylic acids is 1. The summed E-state index contributed by atoms with van der Waals surface area (Å²) >= 11 is 0. The Kier molecular flexibility index (Phi) is 5.73. The minimum atomic E-state index is -0.995. The van der Waals surface area contributed by atoms with E-state index in [-0.39, 0.29) is 12.2 Å². The number of carboxylic acids is 1. The Morgan fingerprint density at radius 3 is 2.54 bits per heavy atom. The van der Waals surface area contributed by atoms with Crippen LogP contribution < -0.4 is 9.47 Å². The number of methoxy groups -OCH3 is 1. The zero-order chi connectivity index (χ0) is 17.5. The second-order valence-corrected chi connectivity index (χ2v) is 4.98. The Labute approximate surface area is 140 Å². The Bertz CT molecular complexity index is 777. The summed E-state index contributed by atoms with van der Waals surface area (Å²) in [6.07, 6.45) is 2.28. The number of hydrogen-bond donors (Lipinski definition) is 1. The monoisotopic (exact) mass is 326 g/mol. The maximum absolute atomic E-state index is 11.4. The molecule has 0 bridgehead atoms. The zero-order valence-electron chi connectivity index (χ0n) is 13.5. The molecule has 2 aromatic rings. The van der Waals surface area contributed by atoms with Gasteiger partial charge in [-0.25, -0.2) is 4.79 Å². The second-order valence-electron chi connectivity index (χ2n) is 4.98. The molecule has 0 saturated heterocycles. The summed E-state index contributed by atoms with van der Waals surface area (Å²) in [5.74, 6) is -0.0673. The Balaban J connectivity index is 2.31. The summed E-state index contributed by atoms with van der Waals surface area (Å²) < 4.78 is 11.0. The van der Waals surface area contributed by atoms with Crippen LogP contribution in [0.3, 0.4) is 0 Å². The first kappa shape index (κ1) is 17.3. The predicted octanol–water partition coefficient (Wildman–Crippen LogP) is 3.57. The molecular formula is C19H18O5. The molecule has 0 fully saturated rings. The van der Waals surface area contributed by atoms with Crippen molar-refractivity contribution in [2.45, 2.75) is 13.5 Å². The Morgan fingerprint density at radius 1 is 1.17 bits per heavy atom. The number of benzene rings is 2. The summed E-state index contributed by atoms with van der Waals surface area (Å²) in [6, 6.07) is 12.0. The van der Waals surface area contributed by atoms with Gasteiger partial charge in [-0.05, 0) is 36.2 Å². The number of rotatable bonds is 7. The number of ether oxygens (including phenoxy) is 2. The molecule has 0 aliphatic carbocycles. The van der Waals surface area contributed by atoms with Crippen LogP contribution >= 0.6 is 0 Å². The first-order valence-corrected chi connectivity index (χ1v) is 7.34. The summed E-state index contributed by atoms with van der Waals surface area (Å²) in [7, 11) is 1.51. The quantitative estimate of drug-likeness (QED) is 0.622. The first-order chi connectivity index (χ1) is 11.6. The molecule has 0 saturated carbocycles. The molecule has 124 valence electrons. The summed E-state index contributed by atoms with van der Waals surface area (Å²) in [5.41, 5.74) is 2.01. The van der Waals surface area contributed by atoms with Crippen LogP contribution in [0.15, 0.2) is 48.5 Å². The first-order valence-electron chi connectivity index (χ1n) is 7.34. The molecule has 0 radical (unpaired) electrons. The van der Waals surface area contributed by atoms with Gasteiger partial charge in [-0.15, -0.1) is 0 Å². The molecule has 0 atom stereocenters. The van der Waals surface area contributed by atoms with Crippen molar-refractivity contribution in [3.63, 3.8) is 0 Å². The van der Waals surface area contributed by atoms with Gasteiger partial charge in [0.15, 0.2) is 11.5 Å². The van der Waals surface area contributed by atoms with E-state index in [0.717, 1.165) is 11.8 Å². The van der Waals surface area contributed by atoms with Gasteiger partial charge in [0.25, 0.3) is 0 Å². The van der Waals surface area contributed by atoms with Gasteiger partial charge in [0.1, 0.15) is 12.9 Å². The number of aldehydes is 1. The number of carbonyl (C=O) groups is 2. The molecule has 0 heterocycles. The number of aliphatic carboxylic acids is 1. The van der Waals surface area contributed by atoms with Gasteiger partial charge in [0, 0.05) is 5.56 Å². The average Bonchev–Trinajstić information content (AvgIpc) is 2.60. The average molecular weight is 326 g/mol. The fourth-order valence-corrected chi connectivity index (χ4v) is 2.34. The van der Waals surface area contributed by atoms with E-state index >= 15 is 0 Å². The lowest BCUT2D eigenvalue weighted by atomic mass is 10.00. The smallest absolute Gasteiger partial charge is 0.335 e. The summed E-state index contributed by atoms with van der Waals surface area (Å²) in [6.45, 7) is 1.83. The maximum Gasteiger partial charge on any atom is 0.335 e. The van der Waals surface area contributed by atoms with Gasteiger partial charge in [-0.1, -0.05) is 30.3 Å². The van der Waals surface area contributed by atoms with Crippen LogP contribution in [0.1, 0.15) is 28.4 Å². The lowest BCUT2D eigenvalue weighted by molar-refractivity contribution is -0.130. The Hall–Kier alpha value is -3.08. The predicted molar refractivity (Wildman–Crippen MR) is 90.4 cm³/mol. The molecule has 24 heavy (non-hydrogen) atoms. The molecule has 0 aliphatic rings. The SMILES string of the molecule is CC=C(C(=O)O)c1ccccc1COc1cc(C=O)ccc1OC. The van der Waals surface area contributed by atoms with Crippen molar-refractivity contribution in [2.75, 3.05) is 7.11 Å². The zero-order valence-corrected chi connectivity index (χ0v) is 13.5. The molecule has 5 heteroatoms. The third-order valence-corrected chi connectivity index (χ3v) is 3.53. The standard InChI is InChI=1S/C19H18O5/c1-3-15(19(21)22)16-7-5-4-6-14(16)12-24-18-10-13(11-20)8-9-17(18)23-2/h3-11H,12H2,1-2H3,(H,21,22). The van der Waals surface area contributed by atoms with Crippen molar-refractivity contribution in [1.29, 1.82) is 0 Å². The van der Waals surface area contributed by atoms with Crippen molar-refractivity contribution in [2.24, 2.45) is 0 Å². The van der Waals surface area contributed by atoms with Gasteiger partial charge in [-0.2, -0.15) is 0 Å². The molecule has 5 nitrogen and oxygen atoms in total. The van der Waals surface area contributed by atoms with Gasteiger partial charge >= 0.3 is 5.97 Å². The third-order valence-electron chi connectivity index (χ3n) is 3.53. The van der Waals surface area contributed by atoms with Crippen molar-refractivity contribution < 1.29 is 24.2 Å². The van der Waals surface area contributed by atoms with Gasteiger partial charge < -0.3 is 14.6 Å². The summed E-state index contributed by atoms with van der Waals surface area (Å²) in [4.78, 5) is 22.3.